The molecule has 1 N–H and O–H groups in total. The van der Waals surface area contributed by atoms with E-state index in [9.17, 15) is 0 Å². The lowest BCUT2D eigenvalue weighted by Crippen LogP contribution is -2.28. The molecule has 0 atom stereocenters. The molecule has 0 radical (unpaired) electrons. The van der Waals surface area contributed by atoms with Crippen molar-refractivity contribution in [2.24, 2.45) is 5.41 Å². The third-order valence-electron chi connectivity index (χ3n) is 2.66. The zero-order valence-electron chi connectivity index (χ0n) is 9.68. The molecule has 0 unspecified atom stereocenters. The fraction of sp³-hybridized carbons (Fsp3) is 0.667. The van der Waals surface area contributed by atoms with Crippen LogP contribution in [0.15, 0.2) is 16.5 Å². The molecule has 14 heavy (non-hydrogen) atoms. The van der Waals surface area contributed by atoms with Crippen molar-refractivity contribution >= 4 is 0 Å². The molecule has 0 aliphatic carbocycles. The average molecular weight is 195 g/mol. The monoisotopic (exact) mass is 195 g/mol. The van der Waals surface area contributed by atoms with Crippen molar-refractivity contribution in [2.75, 3.05) is 6.54 Å². The van der Waals surface area contributed by atoms with Gasteiger partial charge in [0.25, 0.3) is 0 Å². The molecule has 2 heteroatoms. The zero-order chi connectivity index (χ0) is 10.6. The molecular weight excluding hydrogens is 174 g/mol. The SMILES string of the molecule is CCC(C)(C)CNCc1ccc(C)o1. The molecule has 0 saturated carbocycles. The van der Waals surface area contributed by atoms with Gasteiger partial charge in [-0.1, -0.05) is 20.8 Å². The van der Waals surface area contributed by atoms with Gasteiger partial charge in [-0.05, 0) is 30.9 Å². The van der Waals surface area contributed by atoms with E-state index < -0.39 is 0 Å². The van der Waals surface area contributed by atoms with E-state index in [2.05, 4.69) is 26.1 Å². The van der Waals surface area contributed by atoms with Gasteiger partial charge in [0.2, 0.25) is 0 Å². The van der Waals surface area contributed by atoms with Gasteiger partial charge in [-0.3, -0.25) is 0 Å². The predicted molar refractivity (Wildman–Crippen MR) is 59.2 cm³/mol. The second kappa shape index (κ2) is 4.65. The van der Waals surface area contributed by atoms with Crippen molar-refractivity contribution in [3.05, 3.63) is 23.7 Å². The first-order valence-corrected chi connectivity index (χ1v) is 5.29. The molecule has 1 rings (SSSR count). The van der Waals surface area contributed by atoms with Gasteiger partial charge >= 0.3 is 0 Å². The van der Waals surface area contributed by atoms with Crippen LogP contribution in [0.25, 0.3) is 0 Å². The first-order chi connectivity index (χ1) is 6.53. The van der Waals surface area contributed by atoms with Crippen molar-refractivity contribution in [1.82, 2.24) is 5.32 Å². The van der Waals surface area contributed by atoms with Crippen LogP contribution in [-0.2, 0) is 6.54 Å². The Kier molecular flexibility index (Phi) is 3.76. The molecule has 0 spiro atoms. The molecule has 0 bridgehead atoms. The summed E-state index contributed by atoms with van der Waals surface area (Å²) in [5.74, 6) is 2.01. The smallest absolute Gasteiger partial charge is 0.117 e. The second-order valence-corrected chi connectivity index (χ2v) is 4.63. The standard InChI is InChI=1S/C12H21NO/c1-5-12(3,4)9-13-8-11-7-6-10(2)14-11/h6-7,13H,5,8-9H2,1-4H3. The summed E-state index contributed by atoms with van der Waals surface area (Å²) >= 11 is 0. The van der Waals surface area contributed by atoms with Gasteiger partial charge in [0.1, 0.15) is 11.5 Å². The van der Waals surface area contributed by atoms with Gasteiger partial charge in [0.15, 0.2) is 0 Å². The first kappa shape index (κ1) is 11.3. The van der Waals surface area contributed by atoms with Crippen LogP contribution < -0.4 is 5.32 Å². The fourth-order valence-corrected chi connectivity index (χ4v) is 1.23. The number of hydrogen-bond acceptors (Lipinski definition) is 2. The van der Waals surface area contributed by atoms with Crippen LogP contribution in [0.1, 0.15) is 38.7 Å². The van der Waals surface area contributed by atoms with Crippen LogP contribution in [0.2, 0.25) is 0 Å². The van der Waals surface area contributed by atoms with Gasteiger partial charge in [-0.2, -0.15) is 0 Å². The topological polar surface area (TPSA) is 25.2 Å². The van der Waals surface area contributed by atoms with E-state index >= 15 is 0 Å². The molecule has 0 amide bonds. The highest BCUT2D eigenvalue weighted by molar-refractivity contribution is 5.05. The van der Waals surface area contributed by atoms with Crippen LogP contribution in [0.4, 0.5) is 0 Å². The van der Waals surface area contributed by atoms with Gasteiger partial charge < -0.3 is 9.73 Å². The highest BCUT2D eigenvalue weighted by Gasteiger charge is 2.14. The number of hydrogen-bond donors (Lipinski definition) is 1. The van der Waals surface area contributed by atoms with Crippen LogP contribution in [-0.4, -0.2) is 6.54 Å². The molecule has 0 aromatic carbocycles. The van der Waals surface area contributed by atoms with Gasteiger partial charge in [-0.25, -0.2) is 0 Å². The summed E-state index contributed by atoms with van der Waals surface area (Å²) in [6.45, 7) is 10.6. The maximum Gasteiger partial charge on any atom is 0.117 e. The third kappa shape index (κ3) is 3.54. The minimum absolute atomic E-state index is 0.377. The van der Waals surface area contributed by atoms with E-state index in [1.807, 2.05) is 19.1 Å². The second-order valence-electron chi connectivity index (χ2n) is 4.63. The minimum atomic E-state index is 0.377. The fourth-order valence-electron chi connectivity index (χ4n) is 1.23. The predicted octanol–water partition coefficient (Wildman–Crippen LogP) is 3.11. The first-order valence-electron chi connectivity index (χ1n) is 5.29. The lowest BCUT2D eigenvalue weighted by Gasteiger charge is -2.22. The number of furan rings is 1. The van der Waals surface area contributed by atoms with E-state index in [4.69, 9.17) is 4.42 Å². The van der Waals surface area contributed by atoms with Crippen molar-refractivity contribution in [1.29, 1.82) is 0 Å². The molecule has 2 nitrogen and oxygen atoms in total. The lowest BCUT2D eigenvalue weighted by molar-refractivity contribution is 0.320. The van der Waals surface area contributed by atoms with E-state index in [0.717, 1.165) is 24.6 Å². The largest absolute Gasteiger partial charge is 0.465 e. The maximum atomic E-state index is 5.47. The van der Waals surface area contributed by atoms with E-state index in [1.54, 1.807) is 0 Å². The molecule has 0 fully saturated rings. The van der Waals surface area contributed by atoms with Crippen molar-refractivity contribution in [3.8, 4) is 0 Å². The highest BCUT2D eigenvalue weighted by Crippen LogP contribution is 2.18. The van der Waals surface area contributed by atoms with Crippen molar-refractivity contribution < 1.29 is 4.42 Å². The lowest BCUT2D eigenvalue weighted by atomic mass is 9.90. The summed E-state index contributed by atoms with van der Waals surface area (Å²) in [4.78, 5) is 0. The molecule has 1 heterocycles. The number of aryl methyl sites for hydroxylation is 1. The van der Waals surface area contributed by atoms with E-state index in [-0.39, 0.29) is 0 Å². The quantitative estimate of drug-likeness (QED) is 0.781. The summed E-state index contributed by atoms with van der Waals surface area (Å²) < 4.78 is 5.47. The minimum Gasteiger partial charge on any atom is -0.465 e. The Morgan fingerprint density at radius 1 is 1.36 bits per heavy atom. The van der Waals surface area contributed by atoms with Crippen LogP contribution in [0, 0.1) is 12.3 Å². The van der Waals surface area contributed by atoms with Gasteiger partial charge in [-0.15, -0.1) is 0 Å². The van der Waals surface area contributed by atoms with E-state index in [1.165, 1.54) is 6.42 Å². The maximum absolute atomic E-state index is 5.47. The Bertz CT molecular complexity index is 276. The molecule has 0 aliphatic heterocycles. The molecule has 1 aromatic heterocycles. The summed E-state index contributed by atoms with van der Waals surface area (Å²) in [6.07, 6.45) is 1.19. The van der Waals surface area contributed by atoms with Crippen LogP contribution in [0.5, 0.6) is 0 Å². The Balaban J connectivity index is 2.28. The van der Waals surface area contributed by atoms with E-state index in [0.29, 0.717) is 5.41 Å². The van der Waals surface area contributed by atoms with Crippen molar-refractivity contribution in [3.63, 3.8) is 0 Å². The normalized spacial score (nSPS) is 12.0. The number of nitrogens with one attached hydrogen (secondary N) is 1. The summed E-state index contributed by atoms with van der Waals surface area (Å²) in [5, 5.41) is 3.41. The van der Waals surface area contributed by atoms with Crippen LogP contribution in [0.3, 0.4) is 0 Å². The zero-order valence-corrected chi connectivity index (χ0v) is 9.68. The molecule has 0 aliphatic rings. The molecular formula is C12H21NO. The Hall–Kier alpha value is -0.760. The van der Waals surface area contributed by atoms with Crippen molar-refractivity contribution in [2.45, 2.75) is 40.7 Å². The Morgan fingerprint density at radius 3 is 2.57 bits per heavy atom. The Morgan fingerprint density at radius 2 is 2.07 bits per heavy atom. The highest BCUT2D eigenvalue weighted by atomic mass is 16.3. The summed E-state index contributed by atoms with van der Waals surface area (Å²) in [6, 6.07) is 4.03. The number of rotatable bonds is 5. The Labute approximate surface area is 86.7 Å². The molecule has 80 valence electrons. The summed E-state index contributed by atoms with van der Waals surface area (Å²) in [5.41, 5.74) is 0.377. The molecule has 0 saturated heterocycles. The summed E-state index contributed by atoms with van der Waals surface area (Å²) in [7, 11) is 0. The van der Waals surface area contributed by atoms with Gasteiger partial charge in [0, 0.05) is 6.54 Å². The molecule has 1 aromatic rings. The third-order valence-corrected chi connectivity index (χ3v) is 2.66. The van der Waals surface area contributed by atoms with Gasteiger partial charge in [0.05, 0.1) is 6.54 Å². The average Bonchev–Trinajstić information content (AvgIpc) is 2.51. The van der Waals surface area contributed by atoms with Crippen LogP contribution >= 0.6 is 0 Å².